The maximum Gasteiger partial charge on any atom is 0.119 e. The fraction of sp³-hybridized carbons (Fsp3) is 0.500. The minimum Gasteiger partial charge on any atom is -0.491 e. The van der Waals surface area contributed by atoms with Gasteiger partial charge in [-0.3, -0.25) is 0 Å². The van der Waals surface area contributed by atoms with Crippen molar-refractivity contribution < 1.29 is 9.15 Å². The van der Waals surface area contributed by atoms with Gasteiger partial charge in [-0.2, -0.15) is 0 Å². The largest absolute Gasteiger partial charge is 0.491 e. The highest BCUT2D eigenvalue weighted by Gasteiger charge is 2.17. The Kier molecular flexibility index (Phi) is 6.72. The van der Waals surface area contributed by atoms with Crippen LogP contribution in [0.25, 0.3) is 0 Å². The molecule has 0 saturated carbocycles. The molecule has 1 heterocycles. The fourth-order valence-electron chi connectivity index (χ4n) is 2.75. The van der Waals surface area contributed by atoms with Gasteiger partial charge in [-0.1, -0.05) is 26.0 Å². The minimum atomic E-state index is 0.216. The number of furan rings is 1. The summed E-state index contributed by atoms with van der Waals surface area (Å²) in [7, 11) is 0. The van der Waals surface area contributed by atoms with E-state index >= 15 is 0 Å². The molecule has 0 saturated heterocycles. The first-order chi connectivity index (χ1) is 11.1. The van der Waals surface area contributed by atoms with E-state index in [9.17, 15) is 0 Å². The normalized spacial score (nSPS) is 12.8. The van der Waals surface area contributed by atoms with E-state index in [4.69, 9.17) is 9.15 Å². The highest BCUT2D eigenvalue weighted by Crippen LogP contribution is 2.27. The summed E-state index contributed by atoms with van der Waals surface area (Å²) in [5.41, 5.74) is 1.28. The van der Waals surface area contributed by atoms with Crippen LogP contribution in [0.5, 0.6) is 5.75 Å². The standard InChI is InChI=1S/C20H29NO2/c1-15(2)19(20-6-5-13-22-20)11-12-21-14-17-7-9-18(10-8-17)23-16(3)4/h5-10,13,15-16,19,21H,11-12,14H2,1-4H3/t19-/m1/s1. The summed E-state index contributed by atoms with van der Waals surface area (Å²) >= 11 is 0. The summed E-state index contributed by atoms with van der Waals surface area (Å²) in [6, 6.07) is 12.4. The van der Waals surface area contributed by atoms with Crippen LogP contribution in [0.1, 0.15) is 51.4 Å². The molecule has 0 aliphatic heterocycles. The molecular weight excluding hydrogens is 286 g/mol. The van der Waals surface area contributed by atoms with E-state index in [1.807, 2.05) is 32.0 Å². The van der Waals surface area contributed by atoms with E-state index in [0.29, 0.717) is 11.8 Å². The summed E-state index contributed by atoms with van der Waals surface area (Å²) in [5, 5.41) is 3.53. The van der Waals surface area contributed by atoms with Crippen LogP contribution < -0.4 is 10.1 Å². The van der Waals surface area contributed by atoms with Crippen LogP contribution in [-0.2, 0) is 6.54 Å². The molecule has 0 aliphatic carbocycles. The highest BCUT2D eigenvalue weighted by atomic mass is 16.5. The van der Waals surface area contributed by atoms with Crippen LogP contribution in [-0.4, -0.2) is 12.6 Å². The second-order valence-corrected chi connectivity index (χ2v) is 6.64. The van der Waals surface area contributed by atoms with Gasteiger partial charge in [-0.15, -0.1) is 0 Å². The van der Waals surface area contributed by atoms with Gasteiger partial charge < -0.3 is 14.5 Å². The molecule has 1 aromatic carbocycles. The third-order valence-corrected chi connectivity index (χ3v) is 3.97. The van der Waals surface area contributed by atoms with Crippen molar-refractivity contribution in [3.63, 3.8) is 0 Å². The smallest absolute Gasteiger partial charge is 0.119 e. The number of nitrogens with one attached hydrogen (secondary N) is 1. The van der Waals surface area contributed by atoms with Crippen LogP contribution in [0, 0.1) is 5.92 Å². The third-order valence-electron chi connectivity index (χ3n) is 3.97. The average molecular weight is 315 g/mol. The topological polar surface area (TPSA) is 34.4 Å². The van der Waals surface area contributed by atoms with Crippen molar-refractivity contribution in [1.82, 2.24) is 5.32 Å². The van der Waals surface area contributed by atoms with Crippen LogP contribution in [0.3, 0.4) is 0 Å². The number of hydrogen-bond acceptors (Lipinski definition) is 3. The van der Waals surface area contributed by atoms with Gasteiger partial charge in [0.15, 0.2) is 0 Å². The summed E-state index contributed by atoms with van der Waals surface area (Å²) in [6.45, 7) is 10.4. The van der Waals surface area contributed by atoms with Crippen LogP contribution in [0.2, 0.25) is 0 Å². The summed E-state index contributed by atoms with van der Waals surface area (Å²) in [6.07, 6.45) is 3.06. The quantitative estimate of drug-likeness (QED) is 0.662. The zero-order chi connectivity index (χ0) is 16.7. The molecule has 0 amide bonds. The lowest BCUT2D eigenvalue weighted by molar-refractivity contribution is 0.242. The van der Waals surface area contributed by atoms with E-state index in [0.717, 1.165) is 31.0 Å². The van der Waals surface area contributed by atoms with E-state index in [-0.39, 0.29) is 6.10 Å². The van der Waals surface area contributed by atoms with Crippen molar-refractivity contribution in [3.8, 4) is 5.75 Å². The highest BCUT2D eigenvalue weighted by molar-refractivity contribution is 5.27. The second-order valence-electron chi connectivity index (χ2n) is 6.64. The van der Waals surface area contributed by atoms with Crippen molar-refractivity contribution >= 4 is 0 Å². The SMILES string of the molecule is CC(C)Oc1ccc(CNCC[C@@H](c2ccco2)C(C)C)cc1. The Morgan fingerprint density at radius 2 is 1.78 bits per heavy atom. The van der Waals surface area contributed by atoms with Crippen molar-refractivity contribution in [1.29, 1.82) is 0 Å². The first-order valence-corrected chi connectivity index (χ1v) is 8.56. The predicted octanol–water partition coefficient (Wildman–Crippen LogP) is 4.99. The third kappa shape index (κ3) is 5.76. The lowest BCUT2D eigenvalue weighted by atomic mass is 9.90. The van der Waals surface area contributed by atoms with Crippen LogP contribution in [0.4, 0.5) is 0 Å². The Bertz CT molecular complexity index is 544. The minimum absolute atomic E-state index is 0.216. The molecule has 126 valence electrons. The molecule has 0 aliphatic rings. The molecule has 2 aromatic rings. The Morgan fingerprint density at radius 1 is 1.04 bits per heavy atom. The molecule has 1 atom stereocenters. The van der Waals surface area contributed by atoms with Gasteiger partial charge in [0, 0.05) is 12.5 Å². The number of ether oxygens (including phenoxy) is 1. The molecule has 1 aromatic heterocycles. The van der Waals surface area contributed by atoms with Gasteiger partial charge in [0.05, 0.1) is 12.4 Å². The molecule has 0 radical (unpaired) electrons. The molecule has 23 heavy (non-hydrogen) atoms. The van der Waals surface area contributed by atoms with Gasteiger partial charge in [0.25, 0.3) is 0 Å². The Hall–Kier alpha value is -1.74. The van der Waals surface area contributed by atoms with Gasteiger partial charge in [0.1, 0.15) is 11.5 Å². The Balaban J connectivity index is 1.76. The van der Waals surface area contributed by atoms with Gasteiger partial charge in [-0.25, -0.2) is 0 Å². The van der Waals surface area contributed by atoms with Crippen molar-refractivity contribution in [3.05, 3.63) is 54.0 Å². The van der Waals surface area contributed by atoms with E-state index in [1.54, 1.807) is 6.26 Å². The number of rotatable bonds is 9. The summed E-state index contributed by atoms with van der Waals surface area (Å²) < 4.78 is 11.2. The maximum absolute atomic E-state index is 5.66. The van der Waals surface area contributed by atoms with Crippen molar-refractivity contribution in [2.75, 3.05) is 6.54 Å². The van der Waals surface area contributed by atoms with Crippen LogP contribution in [0.15, 0.2) is 47.1 Å². The second kappa shape index (κ2) is 8.78. The van der Waals surface area contributed by atoms with Crippen LogP contribution >= 0.6 is 0 Å². The van der Waals surface area contributed by atoms with Gasteiger partial charge in [-0.05, 0) is 62.6 Å². The molecule has 1 N–H and O–H groups in total. The van der Waals surface area contributed by atoms with E-state index in [2.05, 4.69) is 37.4 Å². The average Bonchev–Trinajstić information content (AvgIpc) is 3.01. The summed E-state index contributed by atoms with van der Waals surface area (Å²) in [4.78, 5) is 0. The first-order valence-electron chi connectivity index (χ1n) is 8.56. The zero-order valence-electron chi connectivity index (χ0n) is 14.7. The van der Waals surface area contributed by atoms with Crippen molar-refractivity contribution in [2.45, 2.75) is 52.7 Å². The Morgan fingerprint density at radius 3 is 2.35 bits per heavy atom. The zero-order valence-corrected chi connectivity index (χ0v) is 14.7. The first kappa shape index (κ1) is 17.6. The van der Waals surface area contributed by atoms with E-state index in [1.165, 1.54) is 5.56 Å². The lowest BCUT2D eigenvalue weighted by Crippen LogP contribution is -2.19. The molecule has 0 spiro atoms. The molecule has 3 nitrogen and oxygen atoms in total. The van der Waals surface area contributed by atoms with Gasteiger partial charge in [0.2, 0.25) is 0 Å². The molecular formula is C20H29NO2. The lowest BCUT2D eigenvalue weighted by Gasteiger charge is -2.18. The molecule has 3 heteroatoms. The number of hydrogen-bond donors (Lipinski definition) is 1. The molecule has 0 unspecified atom stereocenters. The van der Waals surface area contributed by atoms with Gasteiger partial charge >= 0.3 is 0 Å². The fourth-order valence-corrected chi connectivity index (χ4v) is 2.75. The Labute approximate surface area is 140 Å². The maximum atomic E-state index is 5.66. The van der Waals surface area contributed by atoms with Crippen molar-refractivity contribution in [2.24, 2.45) is 5.92 Å². The summed E-state index contributed by atoms with van der Waals surface area (Å²) in [5.74, 6) is 3.08. The predicted molar refractivity (Wildman–Crippen MR) is 94.8 cm³/mol. The number of benzene rings is 1. The van der Waals surface area contributed by atoms with E-state index < -0.39 is 0 Å². The molecule has 2 rings (SSSR count). The monoisotopic (exact) mass is 315 g/mol. The molecule has 0 fully saturated rings. The molecule has 0 bridgehead atoms.